The average Bonchev–Trinajstić information content (AvgIpc) is 2.43. The fraction of sp³-hybridized carbons (Fsp3) is 0.143. The van der Waals surface area contributed by atoms with Gasteiger partial charge in [0.25, 0.3) is 5.91 Å². The maximum absolute atomic E-state index is 13.7. The number of carbonyl (C=O) groups is 1. The van der Waals surface area contributed by atoms with Gasteiger partial charge in [-0.05, 0) is 25.1 Å². The van der Waals surface area contributed by atoms with Crippen LogP contribution in [-0.2, 0) is 0 Å². The molecule has 0 saturated heterocycles. The molecule has 2 N–H and O–H groups in total. The quantitative estimate of drug-likeness (QED) is 0.903. The maximum atomic E-state index is 13.7. The monoisotopic (exact) mass is 277 g/mol. The van der Waals surface area contributed by atoms with Crippen LogP contribution in [0.15, 0.2) is 36.7 Å². The van der Waals surface area contributed by atoms with Crippen LogP contribution in [0.1, 0.15) is 17.3 Å². The smallest absolute Gasteiger partial charge is 0.257 e. The third kappa shape index (κ3) is 2.90. The van der Waals surface area contributed by atoms with Gasteiger partial charge in [0.1, 0.15) is 5.82 Å². The first kappa shape index (κ1) is 13.9. The van der Waals surface area contributed by atoms with Crippen molar-refractivity contribution < 1.29 is 13.6 Å². The molecule has 0 atom stereocenters. The molecule has 0 saturated carbocycles. The molecule has 1 heterocycles. The molecule has 2 rings (SSSR count). The number of rotatable bonds is 4. The lowest BCUT2D eigenvalue weighted by atomic mass is 10.1. The molecule has 4 nitrogen and oxygen atoms in total. The van der Waals surface area contributed by atoms with E-state index < -0.39 is 17.5 Å². The third-order valence-electron chi connectivity index (χ3n) is 2.63. The Morgan fingerprint density at radius 1 is 1.25 bits per heavy atom. The van der Waals surface area contributed by atoms with Gasteiger partial charge in [0.2, 0.25) is 0 Å². The summed E-state index contributed by atoms with van der Waals surface area (Å²) < 4.78 is 27.1. The van der Waals surface area contributed by atoms with E-state index in [4.69, 9.17) is 0 Å². The number of carbonyl (C=O) groups excluding carboxylic acids is 1. The number of hydrogen-bond acceptors (Lipinski definition) is 3. The SMILES string of the molecule is CCNc1c(F)cccc1C(=O)Nc1ccncc1F. The highest BCUT2D eigenvalue weighted by molar-refractivity contribution is 6.08. The zero-order valence-electron chi connectivity index (χ0n) is 10.8. The molecule has 2 aromatic rings. The van der Waals surface area contributed by atoms with E-state index in [1.165, 1.54) is 30.5 Å². The van der Waals surface area contributed by atoms with Crippen LogP contribution < -0.4 is 10.6 Å². The Bertz CT molecular complexity index is 632. The highest BCUT2D eigenvalue weighted by Crippen LogP contribution is 2.21. The van der Waals surface area contributed by atoms with Crippen molar-refractivity contribution in [1.29, 1.82) is 0 Å². The van der Waals surface area contributed by atoms with Crippen molar-refractivity contribution in [1.82, 2.24) is 4.98 Å². The fourth-order valence-corrected chi connectivity index (χ4v) is 1.74. The van der Waals surface area contributed by atoms with Crippen molar-refractivity contribution in [3.63, 3.8) is 0 Å². The van der Waals surface area contributed by atoms with Crippen LogP contribution in [-0.4, -0.2) is 17.4 Å². The van der Waals surface area contributed by atoms with E-state index in [9.17, 15) is 13.6 Å². The summed E-state index contributed by atoms with van der Waals surface area (Å²) in [5.74, 6) is -1.78. The molecule has 0 aliphatic rings. The summed E-state index contributed by atoms with van der Waals surface area (Å²) in [5, 5.41) is 5.18. The minimum Gasteiger partial charge on any atom is -0.382 e. The van der Waals surface area contributed by atoms with Crippen LogP contribution in [0, 0.1) is 11.6 Å². The Kier molecular flexibility index (Phi) is 4.24. The Morgan fingerprint density at radius 2 is 2.05 bits per heavy atom. The van der Waals surface area contributed by atoms with Crippen molar-refractivity contribution in [2.24, 2.45) is 0 Å². The lowest BCUT2D eigenvalue weighted by Gasteiger charge is -2.12. The second-order valence-corrected chi connectivity index (χ2v) is 4.00. The van der Waals surface area contributed by atoms with E-state index >= 15 is 0 Å². The number of pyridine rings is 1. The van der Waals surface area contributed by atoms with Gasteiger partial charge >= 0.3 is 0 Å². The fourth-order valence-electron chi connectivity index (χ4n) is 1.74. The van der Waals surface area contributed by atoms with E-state index in [0.29, 0.717) is 6.54 Å². The topological polar surface area (TPSA) is 54.0 Å². The Morgan fingerprint density at radius 3 is 2.75 bits per heavy atom. The summed E-state index contributed by atoms with van der Waals surface area (Å²) in [7, 11) is 0. The van der Waals surface area contributed by atoms with Crippen LogP contribution in [0.3, 0.4) is 0 Å². The zero-order chi connectivity index (χ0) is 14.5. The molecule has 1 aromatic heterocycles. The minimum atomic E-state index is -0.651. The number of nitrogens with one attached hydrogen (secondary N) is 2. The number of hydrogen-bond donors (Lipinski definition) is 2. The average molecular weight is 277 g/mol. The summed E-state index contributed by atoms with van der Waals surface area (Å²) in [6.07, 6.45) is 2.35. The van der Waals surface area contributed by atoms with E-state index in [-0.39, 0.29) is 16.9 Å². The summed E-state index contributed by atoms with van der Waals surface area (Å²) in [6, 6.07) is 5.48. The first-order valence-corrected chi connectivity index (χ1v) is 6.06. The standard InChI is InChI=1S/C14H13F2N3O/c1-2-18-13-9(4-3-5-10(13)15)14(20)19-12-6-7-17-8-11(12)16/h3-8,18H,2H2,1H3,(H,17,19,20). The van der Waals surface area contributed by atoms with Gasteiger partial charge in [-0.25, -0.2) is 8.78 Å². The van der Waals surface area contributed by atoms with E-state index in [0.717, 1.165) is 6.20 Å². The van der Waals surface area contributed by atoms with Gasteiger partial charge < -0.3 is 10.6 Å². The molecule has 1 amide bonds. The van der Waals surface area contributed by atoms with Gasteiger partial charge in [-0.1, -0.05) is 6.07 Å². The van der Waals surface area contributed by atoms with Crippen LogP contribution in [0.4, 0.5) is 20.2 Å². The minimum absolute atomic E-state index is 0.00305. The molecule has 0 unspecified atom stereocenters. The molecular formula is C14H13F2N3O. The molecule has 0 bridgehead atoms. The largest absolute Gasteiger partial charge is 0.382 e. The predicted octanol–water partition coefficient (Wildman–Crippen LogP) is 3.04. The number of benzene rings is 1. The normalized spacial score (nSPS) is 10.2. The number of halogens is 2. The molecule has 0 spiro atoms. The predicted molar refractivity (Wildman–Crippen MR) is 72.7 cm³/mol. The number of aromatic nitrogens is 1. The molecule has 6 heteroatoms. The molecule has 0 radical (unpaired) electrons. The van der Waals surface area contributed by atoms with Crippen LogP contribution in [0.25, 0.3) is 0 Å². The highest BCUT2D eigenvalue weighted by Gasteiger charge is 2.15. The molecule has 104 valence electrons. The lowest BCUT2D eigenvalue weighted by molar-refractivity contribution is 0.102. The first-order chi connectivity index (χ1) is 9.63. The number of amides is 1. The van der Waals surface area contributed by atoms with E-state index in [2.05, 4.69) is 15.6 Å². The number of nitrogens with zero attached hydrogens (tertiary/aromatic N) is 1. The van der Waals surface area contributed by atoms with Gasteiger partial charge in [-0.2, -0.15) is 0 Å². The van der Waals surface area contributed by atoms with E-state index in [1.807, 2.05) is 0 Å². The lowest BCUT2D eigenvalue weighted by Crippen LogP contribution is -2.16. The van der Waals surface area contributed by atoms with Crippen molar-refractivity contribution in [3.8, 4) is 0 Å². The second kappa shape index (κ2) is 6.10. The van der Waals surface area contributed by atoms with Crippen molar-refractivity contribution in [2.75, 3.05) is 17.2 Å². The van der Waals surface area contributed by atoms with Gasteiger partial charge in [-0.3, -0.25) is 9.78 Å². The molecule has 1 aromatic carbocycles. The van der Waals surface area contributed by atoms with Gasteiger partial charge in [0.15, 0.2) is 5.82 Å². The maximum Gasteiger partial charge on any atom is 0.257 e. The first-order valence-electron chi connectivity index (χ1n) is 6.06. The Balaban J connectivity index is 2.30. The molecule has 0 fully saturated rings. The summed E-state index contributed by atoms with van der Waals surface area (Å²) >= 11 is 0. The molecule has 20 heavy (non-hydrogen) atoms. The van der Waals surface area contributed by atoms with Crippen LogP contribution >= 0.6 is 0 Å². The second-order valence-electron chi connectivity index (χ2n) is 4.00. The molecular weight excluding hydrogens is 264 g/mol. The Labute approximate surface area is 114 Å². The number of para-hydroxylation sites is 1. The van der Waals surface area contributed by atoms with Crippen LogP contribution in [0.2, 0.25) is 0 Å². The van der Waals surface area contributed by atoms with Gasteiger partial charge in [0.05, 0.1) is 23.1 Å². The van der Waals surface area contributed by atoms with Crippen molar-refractivity contribution in [2.45, 2.75) is 6.92 Å². The summed E-state index contributed by atoms with van der Waals surface area (Å²) in [5.41, 5.74) is 0.210. The number of anilines is 2. The van der Waals surface area contributed by atoms with Crippen molar-refractivity contribution in [3.05, 3.63) is 53.9 Å². The van der Waals surface area contributed by atoms with Gasteiger partial charge in [0, 0.05) is 12.7 Å². The van der Waals surface area contributed by atoms with Crippen LogP contribution in [0.5, 0.6) is 0 Å². The third-order valence-corrected chi connectivity index (χ3v) is 2.63. The van der Waals surface area contributed by atoms with E-state index in [1.54, 1.807) is 6.92 Å². The molecule has 0 aliphatic carbocycles. The molecule has 0 aliphatic heterocycles. The van der Waals surface area contributed by atoms with Crippen molar-refractivity contribution >= 4 is 17.3 Å². The Hall–Kier alpha value is -2.50. The summed E-state index contributed by atoms with van der Waals surface area (Å²) in [6.45, 7) is 2.25. The summed E-state index contributed by atoms with van der Waals surface area (Å²) in [4.78, 5) is 15.7. The zero-order valence-corrected chi connectivity index (χ0v) is 10.8. The van der Waals surface area contributed by atoms with Gasteiger partial charge in [-0.15, -0.1) is 0 Å². The highest BCUT2D eigenvalue weighted by atomic mass is 19.1.